The first kappa shape index (κ1) is 18.2. The van der Waals surface area contributed by atoms with E-state index in [-0.39, 0.29) is 0 Å². The highest BCUT2D eigenvalue weighted by Crippen LogP contribution is 2.26. The molecule has 1 aromatic carbocycles. The van der Waals surface area contributed by atoms with Crippen LogP contribution in [0.3, 0.4) is 0 Å². The molecule has 0 aliphatic carbocycles. The van der Waals surface area contributed by atoms with Crippen LogP contribution in [0.4, 0.5) is 5.69 Å². The van der Waals surface area contributed by atoms with Crippen LogP contribution in [0.2, 0.25) is 0 Å². The summed E-state index contributed by atoms with van der Waals surface area (Å²) in [5.74, 6) is 0.860. The smallest absolute Gasteiger partial charge is 0.191 e. The Kier molecular flexibility index (Phi) is 6.47. The highest BCUT2D eigenvalue weighted by molar-refractivity contribution is 5.79. The maximum Gasteiger partial charge on any atom is 0.191 e. The lowest BCUT2D eigenvalue weighted by atomic mass is 10.00. The van der Waals surface area contributed by atoms with E-state index in [0.29, 0.717) is 6.54 Å². The lowest BCUT2D eigenvalue weighted by molar-refractivity contribution is 0.742. The number of hydrogen-bond acceptors (Lipinski definition) is 3. The van der Waals surface area contributed by atoms with Crippen molar-refractivity contribution < 1.29 is 0 Å². The van der Waals surface area contributed by atoms with Crippen LogP contribution in [0, 0.1) is 0 Å². The predicted molar refractivity (Wildman–Crippen MR) is 109 cm³/mol. The fourth-order valence-electron chi connectivity index (χ4n) is 3.30. The van der Waals surface area contributed by atoms with Gasteiger partial charge in [0.05, 0.1) is 6.54 Å². The van der Waals surface area contributed by atoms with Crippen LogP contribution < -0.4 is 15.5 Å². The van der Waals surface area contributed by atoms with E-state index in [0.717, 1.165) is 37.7 Å². The summed E-state index contributed by atoms with van der Waals surface area (Å²) in [6, 6.07) is 12.8. The number of aliphatic imine (C=N–C) groups is 1. The Morgan fingerprint density at radius 2 is 2.15 bits per heavy atom. The lowest BCUT2D eigenvalue weighted by Crippen LogP contribution is -2.38. The average Bonchev–Trinajstić information content (AvgIpc) is 2.67. The van der Waals surface area contributed by atoms with Crippen molar-refractivity contribution in [1.82, 2.24) is 15.6 Å². The molecule has 2 aromatic rings. The molecule has 0 amide bonds. The van der Waals surface area contributed by atoms with Crippen LogP contribution in [0.15, 0.2) is 47.6 Å². The summed E-state index contributed by atoms with van der Waals surface area (Å²) >= 11 is 0. The van der Waals surface area contributed by atoms with Crippen molar-refractivity contribution in [2.24, 2.45) is 4.99 Å². The van der Waals surface area contributed by atoms with Gasteiger partial charge in [-0.2, -0.15) is 0 Å². The Hall–Kier alpha value is -2.56. The van der Waals surface area contributed by atoms with Gasteiger partial charge in [-0.25, -0.2) is 4.99 Å². The summed E-state index contributed by atoms with van der Waals surface area (Å²) in [4.78, 5) is 11.4. The fraction of sp³-hybridized carbons (Fsp3) is 0.429. The predicted octanol–water partition coefficient (Wildman–Crippen LogP) is 2.76. The summed E-state index contributed by atoms with van der Waals surface area (Å²) in [5, 5.41) is 6.72. The second-order valence-corrected chi connectivity index (χ2v) is 6.68. The zero-order chi connectivity index (χ0) is 18.2. The van der Waals surface area contributed by atoms with Crippen LogP contribution in [0.1, 0.15) is 30.2 Å². The topological polar surface area (TPSA) is 52.6 Å². The zero-order valence-electron chi connectivity index (χ0n) is 15.8. The molecular formula is C21H29N5. The molecule has 0 unspecified atom stereocenters. The first-order valence-electron chi connectivity index (χ1n) is 9.51. The van der Waals surface area contributed by atoms with Gasteiger partial charge in [0.15, 0.2) is 5.96 Å². The van der Waals surface area contributed by atoms with E-state index in [1.165, 1.54) is 29.7 Å². The van der Waals surface area contributed by atoms with Crippen molar-refractivity contribution in [3.05, 3.63) is 59.4 Å². The van der Waals surface area contributed by atoms with Gasteiger partial charge in [-0.15, -0.1) is 0 Å². The van der Waals surface area contributed by atoms with Crippen LogP contribution in [0.5, 0.6) is 0 Å². The molecule has 2 heterocycles. The SMILES string of the molecule is CCNC(=NCc1ccc2c(c1)CCCN2C)NCCc1ccccn1. The largest absolute Gasteiger partial charge is 0.374 e. The number of aromatic nitrogens is 1. The lowest BCUT2D eigenvalue weighted by Gasteiger charge is -2.27. The first-order chi connectivity index (χ1) is 12.8. The Labute approximate surface area is 156 Å². The number of fused-ring (bicyclic) bond motifs is 1. The molecule has 0 saturated carbocycles. The summed E-state index contributed by atoms with van der Waals surface area (Å²) < 4.78 is 0. The Balaban J connectivity index is 1.58. The second-order valence-electron chi connectivity index (χ2n) is 6.68. The van der Waals surface area contributed by atoms with E-state index < -0.39 is 0 Å². The highest BCUT2D eigenvalue weighted by atomic mass is 15.2. The second kappa shape index (κ2) is 9.22. The minimum absolute atomic E-state index is 0.690. The van der Waals surface area contributed by atoms with Gasteiger partial charge in [0.1, 0.15) is 0 Å². The summed E-state index contributed by atoms with van der Waals surface area (Å²) in [6.45, 7) is 5.60. The zero-order valence-corrected chi connectivity index (χ0v) is 15.8. The van der Waals surface area contributed by atoms with E-state index in [1.807, 2.05) is 18.3 Å². The molecule has 138 valence electrons. The van der Waals surface area contributed by atoms with Gasteiger partial charge >= 0.3 is 0 Å². The van der Waals surface area contributed by atoms with E-state index in [9.17, 15) is 0 Å². The maximum atomic E-state index is 4.74. The van der Waals surface area contributed by atoms with Crippen molar-refractivity contribution in [3.63, 3.8) is 0 Å². The number of nitrogens with one attached hydrogen (secondary N) is 2. The molecular weight excluding hydrogens is 322 g/mol. The van der Waals surface area contributed by atoms with E-state index >= 15 is 0 Å². The van der Waals surface area contributed by atoms with Crippen LogP contribution in [0.25, 0.3) is 0 Å². The molecule has 0 atom stereocenters. The number of rotatable bonds is 6. The third kappa shape index (κ3) is 4.97. The minimum atomic E-state index is 0.690. The number of aryl methyl sites for hydroxylation is 1. The minimum Gasteiger partial charge on any atom is -0.374 e. The normalized spacial score (nSPS) is 14.1. The number of hydrogen-bond donors (Lipinski definition) is 2. The van der Waals surface area contributed by atoms with Crippen molar-refractivity contribution in [3.8, 4) is 0 Å². The van der Waals surface area contributed by atoms with E-state index in [2.05, 4.69) is 58.8 Å². The molecule has 0 bridgehead atoms. The number of anilines is 1. The first-order valence-corrected chi connectivity index (χ1v) is 9.51. The fourth-order valence-corrected chi connectivity index (χ4v) is 3.30. The Morgan fingerprint density at radius 1 is 1.23 bits per heavy atom. The molecule has 3 rings (SSSR count). The molecule has 5 heteroatoms. The molecule has 0 spiro atoms. The van der Waals surface area contributed by atoms with Gasteiger partial charge in [0.25, 0.3) is 0 Å². The Morgan fingerprint density at radius 3 is 2.96 bits per heavy atom. The van der Waals surface area contributed by atoms with Gasteiger partial charge in [-0.1, -0.05) is 18.2 Å². The third-order valence-electron chi connectivity index (χ3n) is 4.66. The highest BCUT2D eigenvalue weighted by Gasteiger charge is 2.13. The standard InChI is InChI=1S/C21H29N5/c1-3-22-21(24-13-11-19-8-4-5-12-23-19)25-16-17-9-10-20-18(15-17)7-6-14-26(20)2/h4-5,8-10,12,15H,3,6-7,11,13-14,16H2,1-2H3,(H2,22,24,25). The number of benzene rings is 1. The number of pyridine rings is 1. The number of nitrogens with zero attached hydrogens (tertiary/aromatic N) is 3. The molecule has 0 saturated heterocycles. The van der Waals surface area contributed by atoms with E-state index in [1.54, 1.807) is 0 Å². The van der Waals surface area contributed by atoms with Crippen molar-refractivity contribution in [2.45, 2.75) is 32.7 Å². The van der Waals surface area contributed by atoms with Gasteiger partial charge in [0, 0.05) is 50.7 Å². The van der Waals surface area contributed by atoms with Gasteiger partial charge in [0.2, 0.25) is 0 Å². The molecule has 1 aliphatic heterocycles. The molecule has 2 N–H and O–H groups in total. The van der Waals surface area contributed by atoms with Crippen molar-refractivity contribution >= 4 is 11.6 Å². The average molecular weight is 351 g/mol. The van der Waals surface area contributed by atoms with Gasteiger partial charge < -0.3 is 15.5 Å². The quantitative estimate of drug-likeness (QED) is 0.621. The van der Waals surface area contributed by atoms with Gasteiger partial charge in [-0.3, -0.25) is 4.98 Å². The third-order valence-corrected chi connectivity index (χ3v) is 4.66. The molecule has 0 fully saturated rings. The molecule has 26 heavy (non-hydrogen) atoms. The molecule has 1 aromatic heterocycles. The Bertz CT molecular complexity index is 726. The van der Waals surface area contributed by atoms with Crippen molar-refractivity contribution in [1.29, 1.82) is 0 Å². The summed E-state index contributed by atoms with van der Waals surface area (Å²) in [7, 11) is 2.17. The molecule has 0 radical (unpaired) electrons. The number of guanidine groups is 1. The summed E-state index contributed by atoms with van der Waals surface area (Å²) in [5.41, 5.74) is 5.17. The van der Waals surface area contributed by atoms with Crippen molar-refractivity contribution in [2.75, 3.05) is 31.6 Å². The van der Waals surface area contributed by atoms with Crippen LogP contribution >= 0.6 is 0 Å². The molecule has 1 aliphatic rings. The molecule has 5 nitrogen and oxygen atoms in total. The van der Waals surface area contributed by atoms with Crippen LogP contribution in [-0.4, -0.2) is 37.6 Å². The monoisotopic (exact) mass is 351 g/mol. The van der Waals surface area contributed by atoms with Crippen LogP contribution in [-0.2, 0) is 19.4 Å². The van der Waals surface area contributed by atoms with Gasteiger partial charge in [-0.05, 0) is 49.1 Å². The maximum absolute atomic E-state index is 4.74. The summed E-state index contributed by atoms with van der Waals surface area (Å²) in [6.07, 6.45) is 5.12. The van der Waals surface area contributed by atoms with E-state index in [4.69, 9.17) is 4.99 Å².